The number of aliphatic imine (C=N–C) groups is 1. The van der Waals surface area contributed by atoms with Gasteiger partial charge in [0.25, 0.3) is 0 Å². The summed E-state index contributed by atoms with van der Waals surface area (Å²) in [7, 11) is 0. The molecule has 1 unspecified atom stereocenters. The van der Waals surface area contributed by atoms with Gasteiger partial charge in [-0.05, 0) is 24.8 Å². The molecule has 0 saturated heterocycles. The van der Waals surface area contributed by atoms with E-state index in [2.05, 4.69) is 31.0 Å². The number of hydrogen-bond acceptors (Lipinski definition) is 1. The predicted molar refractivity (Wildman–Crippen MR) is 54.4 cm³/mol. The SMILES string of the molecule is CCC/C1=C/C=N/C=C/CC1C. The first-order valence-corrected chi connectivity index (χ1v) is 4.71. The van der Waals surface area contributed by atoms with E-state index in [0.29, 0.717) is 5.92 Å². The lowest BCUT2D eigenvalue weighted by molar-refractivity contribution is 0.648. The standard InChI is InChI=1S/C11H17N/c1-3-5-11-7-9-12-8-4-6-10(11)2/h4,7-10H,3,5-6H2,1-2H3/b8-4+,11-7-,12-9+. The van der Waals surface area contributed by atoms with Crippen LogP contribution in [0.1, 0.15) is 33.1 Å². The fourth-order valence-electron chi connectivity index (χ4n) is 1.45. The van der Waals surface area contributed by atoms with E-state index in [9.17, 15) is 0 Å². The molecule has 1 rings (SSSR count). The van der Waals surface area contributed by atoms with Gasteiger partial charge >= 0.3 is 0 Å². The topological polar surface area (TPSA) is 12.4 Å². The minimum atomic E-state index is 0.688. The molecule has 66 valence electrons. The zero-order valence-electron chi connectivity index (χ0n) is 7.96. The molecule has 0 spiro atoms. The molecule has 1 heteroatoms. The maximum absolute atomic E-state index is 4.12. The fourth-order valence-corrected chi connectivity index (χ4v) is 1.45. The van der Waals surface area contributed by atoms with Gasteiger partial charge < -0.3 is 0 Å². The highest BCUT2D eigenvalue weighted by molar-refractivity contribution is 5.73. The smallest absolute Gasteiger partial charge is 0.0267 e. The van der Waals surface area contributed by atoms with E-state index in [1.807, 2.05) is 12.4 Å². The van der Waals surface area contributed by atoms with Crippen LogP contribution in [0, 0.1) is 5.92 Å². The Kier molecular flexibility index (Phi) is 3.78. The van der Waals surface area contributed by atoms with Gasteiger partial charge in [-0.15, -0.1) is 0 Å². The summed E-state index contributed by atoms with van der Waals surface area (Å²) < 4.78 is 0. The van der Waals surface area contributed by atoms with Crippen LogP contribution in [-0.2, 0) is 0 Å². The van der Waals surface area contributed by atoms with Gasteiger partial charge in [0.2, 0.25) is 0 Å². The van der Waals surface area contributed by atoms with Gasteiger partial charge in [0, 0.05) is 12.4 Å². The highest BCUT2D eigenvalue weighted by Crippen LogP contribution is 2.20. The lowest BCUT2D eigenvalue weighted by Crippen LogP contribution is -1.99. The third kappa shape index (κ3) is 2.65. The van der Waals surface area contributed by atoms with Crippen molar-refractivity contribution >= 4 is 6.21 Å². The van der Waals surface area contributed by atoms with Gasteiger partial charge in [0.15, 0.2) is 0 Å². The maximum Gasteiger partial charge on any atom is 0.0267 e. The van der Waals surface area contributed by atoms with Crippen LogP contribution in [0.5, 0.6) is 0 Å². The van der Waals surface area contributed by atoms with Gasteiger partial charge in [0.05, 0.1) is 0 Å². The summed E-state index contributed by atoms with van der Waals surface area (Å²) in [5.41, 5.74) is 1.53. The van der Waals surface area contributed by atoms with Gasteiger partial charge in [-0.1, -0.05) is 31.9 Å². The molecule has 0 aromatic carbocycles. The zero-order chi connectivity index (χ0) is 8.81. The molecule has 1 atom stereocenters. The summed E-state index contributed by atoms with van der Waals surface area (Å²) in [6.45, 7) is 4.50. The molecule has 0 N–H and O–H groups in total. The van der Waals surface area contributed by atoms with E-state index in [0.717, 1.165) is 6.42 Å². The molecule has 0 bridgehead atoms. The van der Waals surface area contributed by atoms with E-state index in [4.69, 9.17) is 0 Å². The second kappa shape index (κ2) is 4.91. The molecule has 0 amide bonds. The van der Waals surface area contributed by atoms with E-state index in [-0.39, 0.29) is 0 Å². The fraction of sp³-hybridized carbons (Fsp3) is 0.545. The molecule has 12 heavy (non-hydrogen) atoms. The molecule has 1 aliphatic rings. The van der Waals surface area contributed by atoms with Crippen molar-refractivity contribution in [1.29, 1.82) is 0 Å². The molecular formula is C11H17N. The second-order valence-electron chi connectivity index (χ2n) is 3.31. The molecule has 0 aromatic heterocycles. The minimum Gasteiger partial charge on any atom is -0.265 e. The largest absolute Gasteiger partial charge is 0.265 e. The monoisotopic (exact) mass is 163 g/mol. The van der Waals surface area contributed by atoms with Crippen LogP contribution in [0.3, 0.4) is 0 Å². The van der Waals surface area contributed by atoms with Gasteiger partial charge in [-0.25, -0.2) is 0 Å². The lowest BCUT2D eigenvalue weighted by Gasteiger charge is -2.13. The van der Waals surface area contributed by atoms with Gasteiger partial charge in [0.1, 0.15) is 0 Å². The van der Waals surface area contributed by atoms with Crippen molar-refractivity contribution in [2.75, 3.05) is 0 Å². The Hall–Kier alpha value is -0.850. The Morgan fingerprint density at radius 3 is 3.17 bits per heavy atom. The molecule has 0 aliphatic carbocycles. The first-order chi connectivity index (χ1) is 5.84. The summed E-state index contributed by atoms with van der Waals surface area (Å²) in [6.07, 6.45) is 11.7. The first kappa shape index (κ1) is 9.24. The summed E-state index contributed by atoms with van der Waals surface area (Å²) in [4.78, 5) is 4.12. The van der Waals surface area contributed by atoms with Crippen molar-refractivity contribution in [3.8, 4) is 0 Å². The van der Waals surface area contributed by atoms with E-state index in [1.54, 1.807) is 0 Å². The summed E-state index contributed by atoms with van der Waals surface area (Å²) in [6, 6.07) is 0. The summed E-state index contributed by atoms with van der Waals surface area (Å²) in [5, 5.41) is 0. The molecule has 1 aliphatic heterocycles. The molecule has 0 radical (unpaired) electrons. The predicted octanol–water partition coefficient (Wildman–Crippen LogP) is 3.34. The molecule has 0 fully saturated rings. The summed E-state index contributed by atoms with van der Waals surface area (Å²) >= 11 is 0. The average molecular weight is 163 g/mol. The average Bonchev–Trinajstić information content (AvgIpc) is 2.05. The quantitative estimate of drug-likeness (QED) is 0.592. The zero-order valence-corrected chi connectivity index (χ0v) is 7.96. The van der Waals surface area contributed by atoms with Crippen molar-refractivity contribution in [2.24, 2.45) is 10.9 Å². The van der Waals surface area contributed by atoms with Crippen molar-refractivity contribution in [3.05, 3.63) is 23.9 Å². The summed E-state index contributed by atoms with van der Waals surface area (Å²) in [5.74, 6) is 0.688. The third-order valence-corrected chi connectivity index (χ3v) is 2.23. The maximum atomic E-state index is 4.12. The van der Waals surface area contributed by atoms with Crippen LogP contribution in [0.4, 0.5) is 0 Å². The van der Waals surface area contributed by atoms with Crippen LogP contribution < -0.4 is 0 Å². The molecule has 0 aromatic rings. The number of allylic oxidation sites excluding steroid dienone is 3. The Bertz CT molecular complexity index is 211. The molecule has 1 nitrogen and oxygen atoms in total. The van der Waals surface area contributed by atoms with Gasteiger partial charge in [-0.2, -0.15) is 0 Å². The third-order valence-electron chi connectivity index (χ3n) is 2.23. The van der Waals surface area contributed by atoms with Crippen molar-refractivity contribution in [3.63, 3.8) is 0 Å². The van der Waals surface area contributed by atoms with Crippen LogP contribution in [0.25, 0.3) is 0 Å². The van der Waals surface area contributed by atoms with Gasteiger partial charge in [-0.3, -0.25) is 4.99 Å². The van der Waals surface area contributed by atoms with Crippen LogP contribution in [-0.4, -0.2) is 6.21 Å². The Morgan fingerprint density at radius 2 is 2.42 bits per heavy atom. The minimum absolute atomic E-state index is 0.688. The second-order valence-corrected chi connectivity index (χ2v) is 3.31. The number of hydrogen-bond donors (Lipinski definition) is 0. The van der Waals surface area contributed by atoms with Crippen LogP contribution in [0.15, 0.2) is 28.9 Å². The lowest BCUT2D eigenvalue weighted by atomic mass is 9.93. The Morgan fingerprint density at radius 1 is 1.58 bits per heavy atom. The van der Waals surface area contributed by atoms with E-state index < -0.39 is 0 Å². The highest BCUT2D eigenvalue weighted by Gasteiger charge is 2.05. The van der Waals surface area contributed by atoms with E-state index >= 15 is 0 Å². The Balaban J connectivity index is 2.67. The van der Waals surface area contributed by atoms with Crippen molar-refractivity contribution in [2.45, 2.75) is 33.1 Å². The normalized spacial score (nSPS) is 32.8. The first-order valence-electron chi connectivity index (χ1n) is 4.71. The number of nitrogens with zero attached hydrogens (tertiary/aromatic N) is 1. The molecule has 0 saturated carbocycles. The van der Waals surface area contributed by atoms with Crippen LogP contribution >= 0.6 is 0 Å². The number of rotatable bonds is 2. The van der Waals surface area contributed by atoms with E-state index in [1.165, 1.54) is 18.4 Å². The van der Waals surface area contributed by atoms with Crippen LogP contribution in [0.2, 0.25) is 0 Å². The van der Waals surface area contributed by atoms with Crippen molar-refractivity contribution in [1.82, 2.24) is 0 Å². The molecular weight excluding hydrogens is 146 g/mol. The van der Waals surface area contributed by atoms with Crippen molar-refractivity contribution < 1.29 is 0 Å². The Labute approximate surface area is 74.9 Å². The highest BCUT2D eigenvalue weighted by atomic mass is 14.7. The molecule has 1 heterocycles.